The largest absolute Gasteiger partial charge is 0.335 e. The van der Waals surface area contributed by atoms with E-state index in [9.17, 15) is 0 Å². The quantitative estimate of drug-likeness (QED) is 0.748. The number of aromatic nitrogens is 2. The molecule has 0 saturated heterocycles. The predicted molar refractivity (Wildman–Crippen MR) is 76.5 cm³/mol. The van der Waals surface area contributed by atoms with Crippen LogP contribution in [0.15, 0.2) is 43.2 Å². The molecule has 0 spiro atoms. The molecule has 1 aromatic heterocycles. The average molecular weight is 240 g/mol. The molecule has 1 aromatic carbocycles. The van der Waals surface area contributed by atoms with Crippen molar-refractivity contribution in [3.8, 4) is 0 Å². The molecule has 0 aliphatic carbocycles. The van der Waals surface area contributed by atoms with Crippen molar-refractivity contribution >= 4 is 6.08 Å². The van der Waals surface area contributed by atoms with Crippen molar-refractivity contribution in [1.29, 1.82) is 0 Å². The summed E-state index contributed by atoms with van der Waals surface area (Å²) in [5, 5.41) is 0. The van der Waals surface area contributed by atoms with E-state index in [-0.39, 0.29) is 0 Å². The molecule has 2 nitrogen and oxygen atoms in total. The average Bonchev–Trinajstić information content (AvgIpc) is 2.84. The molecule has 2 heteroatoms. The molecular formula is C16H20N2. The molecule has 0 aliphatic heterocycles. The standard InChI is InChI=1S/C16H20N2/c1-3-5-11-18-12-10-17-16(18)13-15-8-6-14(4-2)7-9-15/h4,6-10,12H,2-3,5,11,13H2,1H3. The number of imidazole rings is 1. The van der Waals surface area contributed by atoms with E-state index in [2.05, 4.69) is 53.5 Å². The van der Waals surface area contributed by atoms with Gasteiger partial charge in [-0.05, 0) is 17.5 Å². The van der Waals surface area contributed by atoms with Gasteiger partial charge in [0, 0.05) is 25.4 Å². The van der Waals surface area contributed by atoms with Crippen LogP contribution in [0.1, 0.15) is 36.7 Å². The van der Waals surface area contributed by atoms with Gasteiger partial charge in [0.25, 0.3) is 0 Å². The minimum Gasteiger partial charge on any atom is -0.335 e. The summed E-state index contributed by atoms with van der Waals surface area (Å²) >= 11 is 0. The zero-order valence-electron chi connectivity index (χ0n) is 11.0. The van der Waals surface area contributed by atoms with Crippen LogP contribution in [0.25, 0.3) is 6.08 Å². The lowest BCUT2D eigenvalue weighted by molar-refractivity contribution is 0.609. The second kappa shape index (κ2) is 6.20. The van der Waals surface area contributed by atoms with Crippen molar-refractivity contribution in [3.05, 3.63) is 60.2 Å². The van der Waals surface area contributed by atoms with Crippen molar-refractivity contribution < 1.29 is 0 Å². The molecule has 0 saturated carbocycles. The van der Waals surface area contributed by atoms with Gasteiger partial charge in [-0.25, -0.2) is 4.98 Å². The number of unbranched alkanes of at least 4 members (excludes halogenated alkanes) is 1. The van der Waals surface area contributed by atoms with E-state index in [1.807, 2.05) is 12.3 Å². The molecule has 0 atom stereocenters. The lowest BCUT2D eigenvalue weighted by Crippen LogP contribution is -2.03. The lowest BCUT2D eigenvalue weighted by Gasteiger charge is -2.07. The van der Waals surface area contributed by atoms with E-state index in [0.29, 0.717) is 0 Å². The summed E-state index contributed by atoms with van der Waals surface area (Å²) < 4.78 is 2.25. The normalized spacial score (nSPS) is 10.5. The van der Waals surface area contributed by atoms with E-state index in [4.69, 9.17) is 0 Å². The molecule has 0 unspecified atom stereocenters. The summed E-state index contributed by atoms with van der Waals surface area (Å²) in [7, 11) is 0. The Kier molecular flexibility index (Phi) is 4.35. The SMILES string of the molecule is C=Cc1ccc(Cc2nccn2CCCC)cc1. The first-order valence-electron chi connectivity index (χ1n) is 6.55. The van der Waals surface area contributed by atoms with Gasteiger partial charge in [0.05, 0.1) is 0 Å². The van der Waals surface area contributed by atoms with Crippen LogP contribution in [0.2, 0.25) is 0 Å². The maximum atomic E-state index is 4.45. The number of aryl methyl sites for hydroxylation is 1. The van der Waals surface area contributed by atoms with Crippen LogP contribution in [0.4, 0.5) is 0 Å². The minimum absolute atomic E-state index is 0.897. The van der Waals surface area contributed by atoms with Crippen LogP contribution in [0, 0.1) is 0 Å². The fraction of sp³-hybridized carbons (Fsp3) is 0.312. The monoisotopic (exact) mass is 240 g/mol. The van der Waals surface area contributed by atoms with Crippen LogP contribution in [-0.4, -0.2) is 9.55 Å². The zero-order valence-corrected chi connectivity index (χ0v) is 11.0. The van der Waals surface area contributed by atoms with Gasteiger partial charge in [-0.2, -0.15) is 0 Å². The highest BCUT2D eigenvalue weighted by Crippen LogP contribution is 2.11. The van der Waals surface area contributed by atoms with Gasteiger partial charge in [0.2, 0.25) is 0 Å². The number of hydrogen-bond acceptors (Lipinski definition) is 1. The summed E-state index contributed by atoms with van der Waals surface area (Å²) in [4.78, 5) is 4.45. The van der Waals surface area contributed by atoms with Gasteiger partial charge >= 0.3 is 0 Å². The third kappa shape index (κ3) is 3.10. The van der Waals surface area contributed by atoms with E-state index < -0.39 is 0 Å². The molecule has 2 rings (SSSR count). The number of benzene rings is 1. The van der Waals surface area contributed by atoms with E-state index in [0.717, 1.165) is 24.4 Å². The van der Waals surface area contributed by atoms with E-state index in [1.165, 1.54) is 18.4 Å². The van der Waals surface area contributed by atoms with Gasteiger partial charge in [-0.1, -0.05) is 50.3 Å². The number of nitrogens with zero attached hydrogens (tertiary/aromatic N) is 2. The van der Waals surface area contributed by atoms with Crippen molar-refractivity contribution in [1.82, 2.24) is 9.55 Å². The Morgan fingerprint density at radius 1 is 1.28 bits per heavy atom. The first-order chi connectivity index (χ1) is 8.83. The smallest absolute Gasteiger partial charge is 0.113 e. The van der Waals surface area contributed by atoms with Crippen molar-refractivity contribution in [3.63, 3.8) is 0 Å². The molecule has 2 aromatic rings. The molecule has 0 N–H and O–H groups in total. The third-order valence-electron chi connectivity index (χ3n) is 3.13. The Bertz CT molecular complexity index is 494. The third-order valence-corrected chi connectivity index (χ3v) is 3.13. The zero-order chi connectivity index (χ0) is 12.8. The molecule has 1 heterocycles. The second-order valence-corrected chi connectivity index (χ2v) is 4.51. The predicted octanol–water partition coefficient (Wildman–Crippen LogP) is 3.92. The first-order valence-corrected chi connectivity index (χ1v) is 6.55. The van der Waals surface area contributed by atoms with E-state index in [1.54, 1.807) is 0 Å². The van der Waals surface area contributed by atoms with Crippen LogP contribution < -0.4 is 0 Å². The van der Waals surface area contributed by atoms with Gasteiger partial charge < -0.3 is 4.57 Å². The van der Waals surface area contributed by atoms with Crippen molar-refractivity contribution in [2.75, 3.05) is 0 Å². The van der Waals surface area contributed by atoms with Crippen LogP contribution in [-0.2, 0) is 13.0 Å². The highest BCUT2D eigenvalue weighted by molar-refractivity contribution is 5.47. The van der Waals surface area contributed by atoms with Gasteiger partial charge in [-0.15, -0.1) is 0 Å². The van der Waals surface area contributed by atoms with Gasteiger partial charge in [0.15, 0.2) is 0 Å². The summed E-state index contributed by atoms with van der Waals surface area (Å²) in [6, 6.07) is 8.50. The Labute approximate surface area is 109 Å². The molecule has 0 amide bonds. The second-order valence-electron chi connectivity index (χ2n) is 4.51. The summed E-state index contributed by atoms with van der Waals surface area (Å²) in [6.07, 6.45) is 9.15. The molecule has 0 aliphatic rings. The summed E-state index contributed by atoms with van der Waals surface area (Å²) in [6.45, 7) is 7.05. The molecule has 18 heavy (non-hydrogen) atoms. The van der Waals surface area contributed by atoms with Crippen LogP contribution in [0.5, 0.6) is 0 Å². The summed E-state index contributed by atoms with van der Waals surface area (Å²) in [5.41, 5.74) is 2.46. The van der Waals surface area contributed by atoms with Gasteiger partial charge in [0.1, 0.15) is 5.82 Å². The topological polar surface area (TPSA) is 17.8 Å². The first kappa shape index (κ1) is 12.6. The maximum absolute atomic E-state index is 4.45. The Hall–Kier alpha value is -1.83. The maximum Gasteiger partial charge on any atom is 0.113 e. The number of hydrogen-bond donors (Lipinski definition) is 0. The Morgan fingerprint density at radius 3 is 2.72 bits per heavy atom. The van der Waals surface area contributed by atoms with Crippen molar-refractivity contribution in [2.24, 2.45) is 0 Å². The lowest BCUT2D eigenvalue weighted by atomic mass is 10.1. The fourth-order valence-electron chi connectivity index (χ4n) is 1.99. The van der Waals surface area contributed by atoms with Crippen molar-refractivity contribution in [2.45, 2.75) is 32.7 Å². The molecule has 94 valence electrons. The molecular weight excluding hydrogens is 220 g/mol. The van der Waals surface area contributed by atoms with Crippen LogP contribution in [0.3, 0.4) is 0 Å². The number of rotatable bonds is 6. The Morgan fingerprint density at radius 2 is 2.06 bits per heavy atom. The van der Waals surface area contributed by atoms with Gasteiger partial charge in [-0.3, -0.25) is 0 Å². The summed E-state index contributed by atoms with van der Waals surface area (Å²) in [5.74, 6) is 1.15. The Balaban J connectivity index is 2.07. The van der Waals surface area contributed by atoms with Crippen LogP contribution >= 0.6 is 0 Å². The minimum atomic E-state index is 0.897. The molecule has 0 radical (unpaired) electrons. The highest BCUT2D eigenvalue weighted by atomic mass is 15.1. The molecule has 0 fully saturated rings. The molecule has 0 bridgehead atoms. The van der Waals surface area contributed by atoms with E-state index >= 15 is 0 Å². The fourth-order valence-corrected chi connectivity index (χ4v) is 1.99. The highest BCUT2D eigenvalue weighted by Gasteiger charge is 2.03.